The zero-order valence-corrected chi connectivity index (χ0v) is 9.53. The van der Waals surface area contributed by atoms with Crippen molar-refractivity contribution in [2.45, 2.75) is 32.1 Å². The minimum atomic E-state index is -2.80. The average molecular weight is 256 g/mol. The minimum Gasteiger partial charge on any atom is -0.755 e. The highest BCUT2D eigenvalue weighted by molar-refractivity contribution is 7.79. The third kappa shape index (κ3) is 11.4. The van der Waals surface area contributed by atoms with Gasteiger partial charge in [0.25, 0.3) is 0 Å². The summed E-state index contributed by atoms with van der Waals surface area (Å²) in [5, 5.41) is 0. The first kappa shape index (κ1) is 14.5. The average Bonchev–Trinajstić information content (AvgIpc) is 2.55. The van der Waals surface area contributed by atoms with Gasteiger partial charge in [0.15, 0.2) is 0 Å². The molecular weight excluding hydrogens is 244 g/mol. The van der Waals surface area contributed by atoms with Crippen LogP contribution >= 0.6 is 0 Å². The Morgan fingerprint density at radius 3 is 1.33 bits per heavy atom. The molecule has 1 rings (SSSR count). The van der Waals surface area contributed by atoms with Gasteiger partial charge < -0.3 is 9.11 Å². The second-order valence-corrected chi connectivity index (χ2v) is 4.12. The van der Waals surface area contributed by atoms with Gasteiger partial charge in [0.2, 0.25) is 0 Å². The maximum Gasteiger partial charge on any atom is 0.336 e. The number of hydrogen-bond donors (Lipinski definition) is 2. The van der Waals surface area contributed by atoms with Gasteiger partial charge in [-0.15, -0.1) is 0 Å². The van der Waals surface area contributed by atoms with E-state index in [1.54, 1.807) is 0 Å². The molecule has 1 aliphatic rings. The summed E-state index contributed by atoms with van der Waals surface area (Å²) in [7, 11) is 0. The summed E-state index contributed by atoms with van der Waals surface area (Å²) in [6.07, 6.45) is 7.50. The molecular formula is C6H12N2O5S2-2. The van der Waals surface area contributed by atoms with Gasteiger partial charge >= 0.3 is 6.03 Å². The molecule has 0 bridgehead atoms. The Labute approximate surface area is 92.9 Å². The van der Waals surface area contributed by atoms with E-state index in [9.17, 15) is 22.3 Å². The van der Waals surface area contributed by atoms with Crippen molar-refractivity contribution in [1.82, 2.24) is 9.44 Å². The number of nitrogens with one attached hydrogen (secondary N) is 2. The largest absolute Gasteiger partial charge is 0.755 e. The molecule has 7 nitrogen and oxygen atoms in total. The lowest BCUT2D eigenvalue weighted by atomic mass is 10.4. The van der Waals surface area contributed by atoms with E-state index in [1.165, 1.54) is 41.5 Å². The molecule has 15 heavy (non-hydrogen) atoms. The number of urea groups is 1. The molecule has 0 aromatic rings. The summed E-state index contributed by atoms with van der Waals surface area (Å²) in [5.41, 5.74) is 0. The predicted octanol–water partition coefficient (Wildman–Crippen LogP) is -0.176. The molecule has 0 radical (unpaired) electrons. The van der Waals surface area contributed by atoms with Crippen molar-refractivity contribution >= 4 is 28.6 Å². The van der Waals surface area contributed by atoms with Gasteiger partial charge in [-0.2, -0.15) is 0 Å². The molecule has 1 saturated carbocycles. The van der Waals surface area contributed by atoms with Crippen LogP contribution in [-0.4, -0.2) is 23.6 Å². The van der Waals surface area contributed by atoms with E-state index in [0.717, 1.165) is 0 Å². The van der Waals surface area contributed by atoms with E-state index < -0.39 is 28.6 Å². The van der Waals surface area contributed by atoms with Crippen LogP contribution in [0.4, 0.5) is 4.79 Å². The molecule has 2 unspecified atom stereocenters. The Morgan fingerprint density at radius 2 is 1.13 bits per heavy atom. The molecule has 0 spiro atoms. The van der Waals surface area contributed by atoms with E-state index in [0.29, 0.717) is 0 Å². The summed E-state index contributed by atoms with van der Waals surface area (Å²) >= 11 is -5.59. The van der Waals surface area contributed by atoms with Crippen molar-refractivity contribution in [3.8, 4) is 0 Å². The predicted molar refractivity (Wildman–Crippen MR) is 52.6 cm³/mol. The summed E-state index contributed by atoms with van der Waals surface area (Å²) in [5.74, 6) is 0. The summed E-state index contributed by atoms with van der Waals surface area (Å²) < 4.78 is 41.0. The molecule has 0 saturated heterocycles. The number of rotatable bonds is 2. The lowest BCUT2D eigenvalue weighted by molar-refractivity contribution is 0.250. The zero-order valence-electron chi connectivity index (χ0n) is 7.89. The number of carbonyl (C=O) groups is 1. The fourth-order valence-corrected chi connectivity index (χ4v) is 1.53. The normalized spacial score (nSPS) is 18.3. The fraction of sp³-hybridized carbons (Fsp3) is 0.833. The zero-order chi connectivity index (χ0) is 11.7. The van der Waals surface area contributed by atoms with Crippen molar-refractivity contribution in [3.05, 3.63) is 0 Å². The molecule has 0 aromatic carbocycles. The van der Waals surface area contributed by atoms with Crippen LogP contribution in [0.2, 0.25) is 0 Å². The second-order valence-electron chi connectivity index (χ2n) is 2.77. The molecule has 9 heteroatoms. The molecule has 0 heterocycles. The molecule has 2 atom stereocenters. The molecule has 0 aliphatic heterocycles. The smallest absolute Gasteiger partial charge is 0.336 e. The van der Waals surface area contributed by atoms with Crippen LogP contribution < -0.4 is 9.44 Å². The van der Waals surface area contributed by atoms with Crippen molar-refractivity contribution < 1.29 is 22.3 Å². The third-order valence-electron chi connectivity index (χ3n) is 1.60. The Bertz CT molecular complexity index is 218. The monoisotopic (exact) mass is 256 g/mol. The van der Waals surface area contributed by atoms with Gasteiger partial charge in [-0.05, 0) is 0 Å². The lowest BCUT2D eigenvalue weighted by Crippen LogP contribution is -2.37. The number of amides is 2. The minimum absolute atomic E-state index is 1.25. The molecule has 1 fully saturated rings. The van der Waals surface area contributed by atoms with E-state index in [1.807, 2.05) is 0 Å². The van der Waals surface area contributed by atoms with E-state index >= 15 is 0 Å². The van der Waals surface area contributed by atoms with Crippen LogP contribution in [0, 0.1) is 0 Å². The Hall–Kier alpha value is -0.510. The van der Waals surface area contributed by atoms with Crippen molar-refractivity contribution in [3.63, 3.8) is 0 Å². The van der Waals surface area contributed by atoms with Gasteiger partial charge in [-0.1, -0.05) is 32.1 Å². The molecule has 1 aliphatic carbocycles. The summed E-state index contributed by atoms with van der Waals surface area (Å²) in [4.78, 5) is 10.1. The highest BCUT2D eigenvalue weighted by Gasteiger charge is 1.96. The maximum absolute atomic E-state index is 10.1. The Balaban J connectivity index is 0.000000322. The van der Waals surface area contributed by atoms with E-state index in [4.69, 9.17) is 0 Å². The first-order chi connectivity index (χ1) is 7.02. The SMILES string of the molecule is C1CCCC1.O=C(NS(=O)[O-])NS(=O)[O-]. The first-order valence-corrected chi connectivity index (χ1v) is 6.43. The Kier molecular flexibility index (Phi) is 8.47. The van der Waals surface area contributed by atoms with Crippen molar-refractivity contribution in [2.75, 3.05) is 0 Å². The number of hydrogen-bond acceptors (Lipinski definition) is 5. The van der Waals surface area contributed by atoms with Crippen molar-refractivity contribution in [1.29, 1.82) is 0 Å². The van der Waals surface area contributed by atoms with Crippen LogP contribution in [0.15, 0.2) is 0 Å². The topological polar surface area (TPSA) is 121 Å². The van der Waals surface area contributed by atoms with Gasteiger partial charge in [0.1, 0.15) is 0 Å². The summed E-state index contributed by atoms with van der Waals surface area (Å²) in [6.45, 7) is 0. The molecule has 0 aromatic heterocycles. The summed E-state index contributed by atoms with van der Waals surface area (Å²) in [6, 6.07) is -1.32. The number of carbonyl (C=O) groups excluding carboxylic acids is 1. The van der Waals surface area contributed by atoms with Crippen LogP contribution in [0.3, 0.4) is 0 Å². The second kappa shape index (κ2) is 8.77. The fourth-order valence-electron chi connectivity index (χ4n) is 1.06. The first-order valence-electron chi connectivity index (χ1n) is 4.28. The van der Waals surface area contributed by atoms with Crippen molar-refractivity contribution in [2.24, 2.45) is 0 Å². The van der Waals surface area contributed by atoms with Gasteiger partial charge in [-0.3, -0.25) is 17.9 Å². The van der Waals surface area contributed by atoms with Gasteiger partial charge in [0, 0.05) is 22.5 Å². The van der Waals surface area contributed by atoms with Gasteiger partial charge in [0.05, 0.1) is 0 Å². The lowest BCUT2D eigenvalue weighted by Gasteiger charge is -2.09. The highest BCUT2D eigenvalue weighted by Crippen LogP contribution is 2.15. The Morgan fingerprint density at radius 1 is 0.867 bits per heavy atom. The van der Waals surface area contributed by atoms with Crippen LogP contribution in [0.1, 0.15) is 32.1 Å². The highest BCUT2D eigenvalue weighted by atomic mass is 32.2. The quantitative estimate of drug-likeness (QED) is 0.664. The standard InChI is InChI=1S/C5H10.CH4N2O5S2/c1-2-4-5-3-1;4-1(2-9(5)6)3-10(7)8/h1-5H2;(H,5,6)(H,7,8)(H2,2,3,4)/p-2. The van der Waals surface area contributed by atoms with Gasteiger partial charge in [-0.25, -0.2) is 4.79 Å². The molecule has 2 amide bonds. The van der Waals surface area contributed by atoms with Crippen LogP contribution in [0.25, 0.3) is 0 Å². The van der Waals surface area contributed by atoms with E-state index in [2.05, 4.69) is 0 Å². The third-order valence-corrected chi connectivity index (χ3v) is 2.31. The molecule has 2 N–H and O–H groups in total. The maximum atomic E-state index is 10.1. The van der Waals surface area contributed by atoms with E-state index in [-0.39, 0.29) is 0 Å². The molecule has 90 valence electrons. The van der Waals surface area contributed by atoms with Crippen LogP contribution in [-0.2, 0) is 22.5 Å². The van der Waals surface area contributed by atoms with Crippen LogP contribution in [0.5, 0.6) is 0 Å².